The molecule has 4 heteroatoms. The van der Waals surface area contributed by atoms with Crippen molar-refractivity contribution in [1.82, 2.24) is 4.98 Å². The van der Waals surface area contributed by atoms with Crippen molar-refractivity contribution in [2.75, 3.05) is 11.9 Å². The molecule has 0 fully saturated rings. The van der Waals surface area contributed by atoms with Gasteiger partial charge in [-0.05, 0) is 53.5 Å². The Balaban J connectivity index is 2.25. The first kappa shape index (κ1) is 12.9. The zero-order valence-electron chi connectivity index (χ0n) is 10.4. The maximum absolute atomic E-state index is 5.56. The first-order valence-corrected chi connectivity index (χ1v) is 6.61. The summed E-state index contributed by atoms with van der Waals surface area (Å²) in [6.45, 7) is 4.65. The van der Waals surface area contributed by atoms with Gasteiger partial charge in [0.2, 0.25) is 0 Å². The van der Waals surface area contributed by atoms with Gasteiger partial charge in [-0.2, -0.15) is 0 Å². The number of benzene rings is 1. The molecule has 1 heterocycles. The van der Waals surface area contributed by atoms with Gasteiger partial charge in [0.25, 0.3) is 0 Å². The summed E-state index contributed by atoms with van der Waals surface area (Å²) in [6.07, 6.45) is 1.79. The molecule has 1 aromatic carbocycles. The fourth-order valence-electron chi connectivity index (χ4n) is 1.60. The molecule has 0 saturated carbocycles. The van der Waals surface area contributed by atoms with Gasteiger partial charge in [0, 0.05) is 10.7 Å². The minimum Gasteiger partial charge on any atom is -0.492 e. The number of aryl methyl sites for hydroxylation is 1. The number of hydrogen-bond acceptors (Lipinski definition) is 3. The Morgan fingerprint density at radius 1 is 1.33 bits per heavy atom. The molecular weight excluding hydrogens is 292 g/mol. The largest absolute Gasteiger partial charge is 0.492 e. The molecule has 3 nitrogen and oxygen atoms in total. The van der Waals surface area contributed by atoms with Gasteiger partial charge < -0.3 is 10.1 Å². The van der Waals surface area contributed by atoms with Crippen LogP contribution in [0.4, 0.5) is 11.5 Å². The first-order chi connectivity index (χ1) is 8.70. The lowest BCUT2D eigenvalue weighted by Crippen LogP contribution is -1.99. The zero-order valence-corrected chi connectivity index (χ0v) is 12.0. The van der Waals surface area contributed by atoms with Crippen LogP contribution in [-0.2, 0) is 0 Å². The van der Waals surface area contributed by atoms with Crippen molar-refractivity contribution in [2.24, 2.45) is 0 Å². The van der Waals surface area contributed by atoms with E-state index in [1.54, 1.807) is 6.20 Å². The third kappa shape index (κ3) is 3.01. The minimum atomic E-state index is 0.644. The first-order valence-electron chi connectivity index (χ1n) is 5.81. The van der Waals surface area contributed by atoms with E-state index in [9.17, 15) is 0 Å². The van der Waals surface area contributed by atoms with E-state index in [4.69, 9.17) is 4.74 Å². The summed E-state index contributed by atoms with van der Waals surface area (Å²) < 4.78 is 6.57. The summed E-state index contributed by atoms with van der Waals surface area (Å²) >= 11 is 3.44. The lowest BCUT2D eigenvalue weighted by Gasteiger charge is -2.12. The van der Waals surface area contributed by atoms with Crippen LogP contribution in [0, 0.1) is 6.92 Å². The summed E-state index contributed by atoms with van der Waals surface area (Å²) in [6, 6.07) is 9.83. The van der Waals surface area contributed by atoms with Gasteiger partial charge in [0.05, 0.1) is 12.3 Å². The minimum absolute atomic E-state index is 0.644. The molecule has 0 saturated heterocycles. The molecule has 0 unspecified atom stereocenters. The molecule has 94 valence electrons. The zero-order chi connectivity index (χ0) is 13.0. The van der Waals surface area contributed by atoms with Crippen LogP contribution in [0.3, 0.4) is 0 Å². The number of halogens is 1. The van der Waals surface area contributed by atoms with Crippen LogP contribution in [0.1, 0.15) is 12.5 Å². The topological polar surface area (TPSA) is 34.1 Å². The van der Waals surface area contributed by atoms with Gasteiger partial charge >= 0.3 is 0 Å². The van der Waals surface area contributed by atoms with Gasteiger partial charge in [0.1, 0.15) is 11.6 Å². The van der Waals surface area contributed by atoms with Crippen molar-refractivity contribution in [3.63, 3.8) is 0 Å². The lowest BCUT2D eigenvalue weighted by molar-refractivity contribution is 0.342. The van der Waals surface area contributed by atoms with Gasteiger partial charge in [-0.1, -0.05) is 12.1 Å². The third-order valence-corrected chi connectivity index (χ3v) is 3.33. The van der Waals surface area contributed by atoms with Crippen LogP contribution in [0.25, 0.3) is 0 Å². The second-order valence-corrected chi connectivity index (χ2v) is 4.73. The number of nitrogens with zero attached hydrogens (tertiary/aromatic N) is 1. The predicted molar refractivity (Wildman–Crippen MR) is 77.6 cm³/mol. The Morgan fingerprint density at radius 3 is 2.83 bits per heavy atom. The fraction of sp³-hybridized carbons (Fsp3) is 0.214. The number of para-hydroxylation sites is 2. The molecule has 0 bridgehead atoms. The van der Waals surface area contributed by atoms with E-state index in [-0.39, 0.29) is 0 Å². The highest BCUT2D eigenvalue weighted by atomic mass is 79.9. The van der Waals surface area contributed by atoms with E-state index in [2.05, 4.69) is 26.2 Å². The molecule has 0 amide bonds. The number of aromatic nitrogens is 1. The fourth-order valence-corrected chi connectivity index (χ4v) is 1.81. The van der Waals surface area contributed by atoms with E-state index < -0.39 is 0 Å². The van der Waals surface area contributed by atoms with Crippen molar-refractivity contribution < 1.29 is 4.74 Å². The molecule has 1 N–H and O–H groups in total. The third-order valence-electron chi connectivity index (χ3n) is 2.50. The highest BCUT2D eigenvalue weighted by Crippen LogP contribution is 2.27. The van der Waals surface area contributed by atoms with E-state index in [0.717, 1.165) is 27.3 Å². The Labute approximate surface area is 115 Å². The predicted octanol–water partition coefficient (Wildman–Crippen LogP) is 4.29. The number of nitrogens with one attached hydrogen (secondary N) is 1. The number of hydrogen-bond donors (Lipinski definition) is 1. The quantitative estimate of drug-likeness (QED) is 0.914. The standard InChI is InChI=1S/C14H15BrN2O/c1-3-18-13-7-5-4-6-12(13)17-14-8-10(2)11(15)9-16-14/h4-9H,3H2,1-2H3,(H,16,17). The Kier molecular flexibility index (Phi) is 4.20. The van der Waals surface area contributed by atoms with Gasteiger partial charge in [-0.25, -0.2) is 4.98 Å². The smallest absolute Gasteiger partial charge is 0.142 e. The van der Waals surface area contributed by atoms with Gasteiger partial charge in [-0.3, -0.25) is 0 Å². The van der Waals surface area contributed by atoms with Crippen molar-refractivity contribution in [1.29, 1.82) is 0 Å². The SMILES string of the molecule is CCOc1ccccc1Nc1cc(C)c(Br)cn1. The molecule has 0 aliphatic carbocycles. The van der Waals surface area contributed by atoms with E-state index in [0.29, 0.717) is 6.61 Å². The van der Waals surface area contributed by atoms with Crippen LogP contribution in [0.2, 0.25) is 0 Å². The summed E-state index contributed by atoms with van der Waals surface area (Å²) in [5, 5.41) is 3.27. The molecule has 0 aliphatic heterocycles. The van der Waals surface area contributed by atoms with E-state index in [1.165, 1.54) is 0 Å². The maximum atomic E-state index is 5.56. The van der Waals surface area contributed by atoms with Crippen molar-refractivity contribution >= 4 is 27.4 Å². The average Bonchev–Trinajstić information content (AvgIpc) is 2.37. The van der Waals surface area contributed by atoms with E-state index in [1.807, 2.05) is 44.2 Å². The molecule has 0 spiro atoms. The number of anilines is 2. The monoisotopic (exact) mass is 306 g/mol. The van der Waals surface area contributed by atoms with Crippen LogP contribution in [0.5, 0.6) is 5.75 Å². The van der Waals surface area contributed by atoms with Crippen LogP contribution < -0.4 is 10.1 Å². The molecular formula is C14H15BrN2O. The van der Waals surface area contributed by atoms with Crippen LogP contribution >= 0.6 is 15.9 Å². The highest BCUT2D eigenvalue weighted by Gasteiger charge is 2.04. The van der Waals surface area contributed by atoms with Crippen LogP contribution in [-0.4, -0.2) is 11.6 Å². The van der Waals surface area contributed by atoms with Crippen molar-refractivity contribution in [2.45, 2.75) is 13.8 Å². The molecule has 18 heavy (non-hydrogen) atoms. The Bertz CT molecular complexity index is 543. The Hall–Kier alpha value is -1.55. The summed E-state index contributed by atoms with van der Waals surface area (Å²) in [7, 11) is 0. The molecule has 2 rings (SSSR count). The average molecular weight is 307 g/mol. The molecule has 0 radical (unpaired) electrons. The second kappa shape index (κ2) is 5.87. The van der Waals surface area contributed by atoms with Crippen molar-refractivity contribution in [3.05, 3.63) is 46.6 Å². The molecule has 0 atom stereocenters. The van der Waals surface area contributed by atoms with Gasteiger partial charge in [-0.15, -0.1) is 0 Å². The van der Waals surface area contributed by atoms with Gasteiger partial charge in [0.15, 0.2) is 0 Å². The number of ether oxygens (including phenoxy) is 1. The van der Waals surface area contributed by atoms with Crippen molar-refractivity contribution in [3.8, 4) is 5.75 Å². The number of rotatable bonds is 4. The molecule has 1 aromatic heterocycles. The summed E-state index contributed by atoms with van der Waals surface area (Å²) in [4.78, 5) is 4.32. The van der Waals surface area contributed by atoms with E-state index >= 15 is 0 Å². The summed E-state index contributed by atoms with van der Waals surface area (Å²) in [5.41, 5.74) is 2.06. The number of pyridine rings is 1. The highest BCUT2D eigenvalue weighted by molar-refractivity contribution is 9.10. The normalized spacial score (nSPS) is 10.2. The molecule has 0 aliphatic rings. The second-order valence-electron chi connectivity index (χ2n) is 3.87. The Morgan fingerprint density at radius 2 is 2.11 bits per heavy atom. The maximum Gasteiger partial charge on any atom is 0.142 e. The lowest BCUT2D eigenvalue weighted by atomic mass is 10.2. The summed E-state index contributed by atoms with van der Waals surface area (Å²) in [5.74, 6) is 1.64. The van der Waals surface area contributed by atoms with Crippen LogP contribution in [0.15, 0.2) is 41.0 Å². The molecule has 2 aromatic rings.